The Morgan fingerprint density at radius 1 is 1.08 bits per heavy atom. The first-order valence-electron chi connectivity index (χ1n) is 12.5. The van der Waals surface area contributed by atoms with Crippen LogP contribution in [0.1, 0.15) is 35.3 Å². The van der Waals surface area contributed by atoms with Crippen molar-refractivity contribution in [3.05, 3.63) is 77.6 Å². The van der Waals surface area contributed by atoms with Crippen molar-refractivity contribution in [3.8, 4) is 6.07 Å². The van der Waals surface area contributed by atoms with Crippen LogP contribution in [0.4, 0.5) is 23.0 Å². The number of nitriles is 1. The number of pyridine rings is 1. The molecule has 9 nitrogen and oxygen atoms in total. The molecule has 3 heterocycles. The molecule has 4 aromatic rings. The lowest BCUT2D eigenvalue weighted by atomic mass is 9.86. The zero-order valence-corrected chi connectivity index (χ0v) is 21.7. The molecule has 5 rings (SSSR count). The summed E-state index contributed by atoms with van der Waals surface area (Å²) in [7, 11) is 0. The Hall–Kier alpha value is -4.55. The number of rotatable bonds is 6. The quantitative estimate of drug-likeness (QED) is 0.376. The van der Waals surface area contributed by atoms with Gasteiger partial charge in [-0.1, -0.05) is 18.2 Å². The number of ether oxygens (including phenoxy) is 1. The monoisotopic (exact) mass is 507 g/mol. The number of hydrogen-bond acceptors (Lipinski definition) is 8. The summed E-state index contributed by atoms with van der Waals surface area (Å²) < 4.78 is 5.47. The normalized spacial score (nSPS) is 13.7. The third kappa shape index (κ3) is 5.26. The van der Waals surface area contributed by atoms with E-state index in [0.29, 0.717) is 35.8 Å². The van der Waals surface area contributed by atoms with E-state index in [0.717, 1.165) is 41.2 Å². The minimum atomic E-state index is -0.655. The second-order valence-corrected chi connectivity index (χ2v) is 9.79. The molecule has 0 atom stereocenters. The van der Waals surface area contributed by atoms with Crippen molar-refractivity contribution in [2.45, 2.75) is 26.2 Å². The van der Waals surface area contributed by atoms with E-state index in [1.165, 1.54) is 6.33 Å². The predicted octanol–water partition coefficient (Wildman–Crippen LogP) is 4.97. The number of hydrogen-bond donors (Lipinski definition) is 2. The van der Waals surface area contributed by atoms with Gasteiger partial charge >= 0.3 is 0 Å². The number of nitrogens with one attached hydrogen (secondary N) is 2. The lowest BCUT2D eigenvalue weighted by Crippen LogP contribution is -2.36. The highest BCUT2D eigenvalue weighted by Gasteiger charge is 2.20. The topological polar surface area (TPSA) is 116 Å². The maximum Gasteiger partial charge on any atom is 0.255 e. The minimum Gasteiger partial charge on any atom is -0.378 e. The van der Waals surface area contributed by atoms with Crippen LogP contribution in [0.2, 0.25) is 0 Å². The van der Waals surface area contributed by atoms with Crippen molar-refractivity contribution < 1.29 is 9.53 Å². The number of morpholine rings is 1. The number of anilines is 4. The van der Waals surface area contributed by atoms with Gasteiger partial charge in [0, 0.05) is 30.0 Å². The molecule has 1 amide bonds. The van der Waals surface area contributed by atoms with Crippen molar-refractivity contribution in [2.75, 3.05) is 41.8 Å². The number of nitrogens with zero attached hydrogens (tertiary/aromatic N) is 5. The first-order valence-corrected chi connectivity index (χ1v) is 12.5. The number of fused-ring (bicyclic) bond motifs is 1. The summed E-state index contributed by atoms with van der Waals surface area (Å²) in [6, 6.07) is 19.0. The highest BCUT2D eigenvalue weighted by molar-refractivity contribution is 6.05. The van der Waals surface area contributed by atoms with Gasteiger partial charge in [-0.15, -0.1) is 0 Å². The molecule has 0 saturated carbocycles. The molecule has 2 N–H and O–H groups in total. The van der Waals surface area contributed by atoms with Gasteiger partial charge in [-0.3, -0.25) is 4.79 Å². The summed E-state index contributed by atoms with van der Waals surface area (Å²) in [5.41, 5.74) is 4.39. The zero-order chi connectivity index (χ0) is 26.7. The van der Waals surface area contributed by atoms with Gasteiger partial charge in [-0.05, 0) is 68.3 Å². The van der Waals surface area contributed by atoms with Crippen LogP contribution in [-0.2, 0) is 10.2 Å². The fourth-order valence-corrected chi connectivity index (χ4v) is 4.27. The SMILES string of the molecule is Cc1ccc(C(=O)Nc2cccc(C(C)(C)C#N)c2)cc1Nc1ncnc2ccc(N3CCOCC3)nc12. The molecule has 2 aromatic carbocycles. The third-order valence-electron chi connectivity index (χ3n) is 6.68. The molecular formula is C29H29N7O2. The number of carbonyl (C=O) groups is 1. The van der Waals surface area contributed by atoms with E-state index in [1.807, 2.05) is 63.2 Å². The largest absolute Gasteiger partial charge is 0.378 e. The number of aryl methyl sites for hydroxylation is 1. The first-order chi connectivity index (χ1) is 18.3. The van der Waals surface area contributed by atoms with Crippen molar-refractivity contribution in [1.82, 2.24) is 15.0 Å². The molecular weight excluding hydrogens is 478 g/mol. The van der Waals surface area contributed by atoms with E-state index in [2.05, 4.69) is 31.6 Å². The van der Waals surface area contributed by atoms with Gasteiger partial charge < -0.3 is 20.3 Å². The van der Waals surface area contributed by atoms with Crippen LogP contribution < -0.4 is 15.5 Å². The molecule has 0 aliphatic carbocycles. The van der Waals surface area contributed by atoms with Gasteiger partial charge in [-0.25, -0.2) is 15.0 Å². The molecule has 2 aromatic heterocycles. The molecule has 0 bridgehead atoms. The predicted molar refractivity (Wildman–Crippen MR) is 148 cm³/mol. The fraction of sp³-hybridized carbons (Fsp3) is 0.276. The lowest BCUT2D eigenvalue weighted by molar-refractivity contribution is 0.102. The Bertz CT molecular complexity index is 1540. The Balaban J connectivity index is 1.40. The Morgan fingerprint density at radius 3 is 2.68 bits per heavy atom. The van der Waals surface area contributed by atoms with Crippen molar-refractivity contribution in [1.29, 1.82) is 5.26 Å². The highest BCUT2D eigenvalue weighted by Crippen LogP contribution is 2.28. The second-order valence-electron chi connectivity index (χ2n) is 9.79. The molecule has 1 aliphatic rings. The molecule has 1 fully saturated rings. The summed E-state index contributed by atoms with van der Waals surface area (Å²) >= 11 is 0. The maximum absolute atomic E-state index is 13.1. The number of carbonyl (C=O) groups excluding carboxylic acids is 1. The van der Waals surface area contributed by atoms with Gasteiger partial charge in [0.1, 0.15) is 17.7 Å². The van der Waals surface area contributed by atoms with Gasteiger partial charge in [0.25, 0.3) is 5.91 Å². The van der Waals surface area contributed by atoms with Crippen LogP contribution in [0, 0.1) is 18.3 Å². The first kappa shape index (κ1) is 25.1. The molecule has 38 heavy (non-hydrogen) atoms. The highest BCUT2D eigenvalue weighted by atomic mass is 16.5. The second kappa shape index (κ2) is 10.4. The maximum atomic E-state index is 13.1. The zero-order valence-electron chi connectivity index (χ0n) is 21.7. The van der Waals surface area contributed by atoms with E-state index in [9.17, 15) is 10.1 Å². The molecule has 0 unspecified atom stereocenters. The van der Waals surface area contributed by atoms with E-state index in [-0.39, 0.29) is 5.91 Å². The molecule has 1 aliphatic heterocycles. The Morgan fingerprint density at radius 2 is 1.89 bits per heavy atom. The lowest BCUT2D eigenvalue weighted by Gasteiger charge is -2.28. The summed E-state index contributed by atoms with van der Waals surface area (Å²) in [4.78, 5) is 29.0. The van der Waals surface area contributed by atoms with Crippen LogP contribution in [0.15, 0.2) is 60.9 Å². The van der Waals surface area contributed by atoms with Gasteiger partial charge in [0.15, 0.2) is 5.82 Å². The number of aromatic nitrogens is 3. The van der Waals surface area contributed by atoms with E-state index in [1.54, 1.807) is 12.1 Å². The van der Waals surface area contributed by atoms with Gasteiger partial charge in [0.05, 0.1) is 30.2 Å². The van der Waals surface area contributed by atoms with Crippen LogP contribution >= 0.6 is 0 Å². The summed E-state index contributed by atoms with van der Waals surface area (Å²) in [5.74, 6) is 1.17. The van der Waals surface area contributed by atoms with Crippen molar-refractivity contribution in [2.24, 2.45) is 0 Å². The average molecular weight is 508 g/mol. The third-order valence-corrected chi connectivity index (χ3v) is 6.68. The molecule has 1 saturated heterocycles. The molecule has 0 radical (unpaired) electrons. The van der Waals surface area contributed by atoms with Crippen LogP contribution in [0.3, 0.4) is 0 Å². The average Bonchev–Trinajstić information content (AvgIpc) is 2.94. The van der Waals surface area contributed by atoms with Crippen LogP contribution in [0.25, 0.3) is 11.0 Å². The summed E-state index contributed by atoms with van der Waals surface area (Å²) in [5, 5.41) is 15.8. The number of amides is 1. The van der Waals surface area contributed by atoms with Crippen LogP contribution in [-0.4, -0.2) is 47.2 Å². The van der Waals surface area contributed by atoms with Crippen LogP contribution in [0.5, 0.6) is 0 Å². The molecule has 9 heteroatoms. The minimum absolute atomic E-state index is 0.250. The summed E-state index contributed by atoms with van der Waals surface area (Å²) in [6.07, 6.45) is 1.50. The van der Waals surface area contributed by atoms with Crippen molar-refractivity contribution >= 4 is 40.0 Å². The number of benzene rings is 2. The molecule has 192 valence electrons. The van der Waals surface area contributed by atoms with E-state index >= 15 is 0 Å². The Labute approximate surface area is 221 Å². The van der Waals surface area contributed by atoms with Gasteiger partial charge in [-0.2, -0.15) is 5.26 Å². The molecule has 0 spiro atoms. The summed E-state index contributed by atoms with van der Waals surface area (Å²) in [6.45, 7) is 8.57. The Kier molecular flexibility index (Phi) is 6.90. The van der Waals surface area contributed by atoms with Crippen molar-refractivity contribution in [3.63, 3.8) is 0 Å². The standard InChI is InChI=1S/C29H29N7O2/c1-19-7-8-20(28(37)33-22-6-4-5-21(16-22)29(2,3)17-30)15-24(19)34-27-26-23(31-18-32-27)9-10-25(35-26)36-11-13-38-14-12-36/h4-10,15-16,18H,11-14H2,1-3H3,(H,33,37)(H,31,32,34). The van der Waals surface area contributed by atoms with Gasteiger partial charge in [0.2, 0.25) is 0 Å². The fourth-order valence-electron chi connectivity index (χ4n) is 4.27. The van der Waals surface area contributed by atoms with E-state index < -0.39 is 5.41 Å². The smallest absolute Gasteiger partial charge is 0.255 e. The van der Waals surface area contributed by atoms with E-state index in [4.69, 9.17) is 9.72 Å².